The lowest BCUT2D eigenvalue weighted by atomic mass is 10.4. The molecule has 0 aliphatic carbocycles. The molecule has 0 radical (unpaired) electrons. The summed E-state index contributed by atoms with van der Waals surface area (Å²) < 4.78 is 0. The van der Waals surface area contributed by atoms with Crippen LogP contribution in [0.25, 0.3) is 0 Å². The van der Waals surface area contributed by atoms with Gasteiger partial charge in [0.05, 0.1) is 28.4 Å². The molecule has 10 nitrogen and oxygen atoms in total. The van der Waals surface area contributed by atoms with Crippen LogP contribution in [-0.2, 0) is 19.4 Å². The molecule has 0 atom stereocenters. The van der Waals surface area contributed by atoms with Crippen LogP contribution in [0.3, 0.4) is 0 Å². The largest absolute Gasteiger partial charge is 0.372 e. The minimum atomic E-state index is -0.820. The van der Waals surface area contributed by atoms with Gasteiger partial charge in [-0.1, -0.05) is 0 Å². The summed E-state index contributed by atoms with van der Waals surface area (Å²) in [5.41, 5.74) is 0. The normalized spacial score (nSPS) is 27.6. The number of fused-ring (bicyclic) bond motifs is 1. The van der Waals surface area contributed by atoms with Crippen LogP contribution in [0.1, 0.15) is 0 Å². The fourth-order valence-corrected chi connectivity index (χ4v) is 2.07. The summed E-state index contributed by atoms with van der Waals surface area (Å²) in [5.74, 6) is 0. The number of hydrogen-bond donors (Lipinski definition) is 0. The van der Waals surface area contributed by atoms with Gasteiger partial charge in [-0.3, -0.25) is 19.4 Å². The highest BCUT2D eigenvalue weighted by molar-refractivity contribution is 5.82. The highest BCUT2D eigenvalue weighted by Crippen LogP contribution is 2.34. The maximum absolute atomic E-state index is 11.9. The Morgan fingerprint density at radius 1 is 0.667 bits per heavy atom. The predicted molar refractivity (Wildman–Crippen MR) is 53.8 cm³/mol. The van der Waals surface area contributed by atoms with Crippen molar-refractivity contribution in [2.45, 2.75) is 12.3 Å². The Hall–Kier alpha value is -1.62. The van der Waals surface area contributed by atoms with Crippen molar-refractivity contribution >= 4 is 12.1 Å². The SMILES string of the molecule is CON1C(=O)N(OC)C2C1N(OC)C(=O)N2OC. The standard InChI is InChI=1S/C8H14N4O6/c1-15-9-5-6(11(17-3)7(9)13)12(18-4)8(14)10(5)16-2/h5-6H,1-4H3. The van der Waals surface area contributed by atoms with Crippen molar-refractivity contribution in [1.82, 2.24) is 20.3 Å². The minimum Gasteiger partial charge on any atom is -0.270 e. The molecule has 2 fully saturated rings. The zero-order chi connectivity index (χ0) is 13.4. The summed E-state index contributed by atoms with van der Waals surface area (Å²) in [6, 6.07) is -1.13. The average molecular weight is 262 g/mol. The molecule has 0 aromatic rings. The number of hydrogen-bond acceptors (Lipinski definition) is 6. The predicted octanol–water partition coefficient (Wildman–Crippen LogP) is -0.641. The van der Waals surface area contributed by atoms with Crippen molar-refractivity contribution < 1.29 is 28.9 Å². The monoisotopic (exact) mass is 262 g/mol. The van der Waals surface area contributed by atoms with E-state index in [0.29, 0.717) is 0 Å². The first-order valence-corrected chi connectivity index (χ1v) is 5.03. The molecule has 2 aliphatic heterocycles. The summed E-state index contributed by atoms with van der Waals surface area (Å²) in [4.78, 5) is 43.7. The van der Waals surface area contributed by atoms with E-state index in [0.717, 1.165) is 20.3 Å². The fourth-order valence-electron chi connectivity index (χ4n) is 2.07. The van der Waals surface area contributed by atoms with Gasteiger partial charge < -0.3 is 0 Å². The van der Waals surface area contributed by atoms with Crippen LogP contribution < -0.4 is 0 Å². The van der Waals surface area contributed by atoms with Crippen molar-refractivity contribution in [2.75, 3.05) is 28.4 Å². The average Bonchev–Trinajstić information content (AvgIpc) is 2.78. The van der Waals surface area contributed by atoms with Crippen LogP contribution in [0.15, 0.2) is 0 Å². The molecule has 0 spiro atoms. The number of nitrogens with zero attached hydrogens (tertiary/aromatic N) is 4. The molecule has 102 valence electrons. The summed E-state index contributed by atoms with van der Waals surface area (Å²) in [5, 5.41) is 3.87. The van der Waals surface area contributed by atoms with Crippen LogP contribution in [-0.4, -0.2) is 73.1 Å². The minimum absolute atomic E-state index is 0.563. The highest BCUT2D eigenvalue weighted by Gasteiger charge is 2.62. The van der Waals surface area contributed by atoms with Gasteiger partial charge in [0.25, 0.3) is 0 Å². The highest BCUT2D eigenvalue weighted by atomic mass is 16.8. The second kappa shape index (κ2) is 4.57. The molecule has 0 bridgehead atoms. The first kappa shape index (κ1) is 12.8. The number of amides is 4. The molecule has 0 N–H and O–H groups in total. The molecule has 2 aliphatic rings. The van der Waals surface area contributed by atoms with Crippen molar-refractivity contribution in [3.8, 4) is 0 Å². The Balaban J connectivity index is 2.41. The number of rotatable bonds is 4. The zero-order valence-corrected chi connectivity index (χ0v) is 10.4. The molecule has 0 aromatic carbocycles. The number of carbonyl (C=O) groups excluding carboxylic acids is 2. The van der Waals surface area contributed by atoms with Crippen molar-refractivity contribution in [1.29, 1.82) is 0 Å². The van der Waals surface area contributed by atoms with E-state index in [4.69, 9.17) is 19.4 Å². The van der Waals surface area contributed by atoms with Crippen LogP contribution in [0.4, 0.5) is 9.59 Å². The molecule has 18 heavy (non-hydrogen) atoms. The number of hydroxylamine groups is 8. The molecule has 10 heteroatoms. The lowest BCUT2D eigenvalue weighted by Crippen LogP contribution is -2.45. The van der Waals surface area contributed by atoms with Gasteiger partial charge in [-0.2, -0.15) is 20.3 Å². The molecule has 0 saturated carbocycles. The zero-order valence-electron chi connectivity index (χ0n) is 10.4. The van der Waals surface area contributed by atoms with Gasteiger partial charge in [0.1, 0.15) is 0 Å². The fraction of sp³-hybridized carbons (Fsp3) is 0.750. The second-order valence-corrected chi connectivity index (χ2v) is 3.43. The van der Waals surface area contributed by atoms with E-state index >= 15 is 0 Å². The Morgan fingerprint density at radius 2 is 0.889 bits per heavy atom. The molecular formula is C8H14N4O6. The van der Waals surface area contributed by atoms with Crippen LogP contribution in [0.5, 0.6) is 0 Å². The molecule has 2 rings (SSSR count). The van der Waals surface area contributed by atoms with E-state index in [1.54, 1.807) is 0 Å². The van der Waals surface area contributed by atoms with Gasteiger partial charge >= 0.3 is 12.1 Å². The maximum Gasteiger partial charge on any atom is 0.372 e. The molecule has 2 heterocycles. The van der Waals surface area contributed by atoms with Crippen molar-refractivity contribution in [2.24, 2.45) is 0 Å². The van der Waals surface area contributed by atoms with E-state index in [2.05, 4.69) is 0 Å². The first-order valence-electron chi connectivity index (χ1n) is 5.03. The third-order valence-electron chi connectivity index (χ3n) is 2.77. The van der Waals surface area contributed by atoms with E-state index in [9.17, 15) is 9.59 Å². The van der Waals surface area contributed by atoms with E-state index in [1.807, 2.05) is 0 Å². The molecule has 0 unspecified atom stereocenters. The second-order valence-electron chi connectivity index (χ2n) is 3.43. The lowest BCUT2D eigenvalue weighted by molar-refractivity contribution is -0.218. The number of urea groups is 2. The van der Waals surface area contributed by atoms with Crippen LogP contribution in [0, 0.1) is 0 Å². The summed E-state index contributed by atoms with van der Waals surface area (Å²) in [7, 11) is 5.23. The van der Waals surface area contributed by atoms with Crippen LogP contribution >= 0.6 is 0 Å². The van der Waals surface area contributed by atoms with Gasteiger partial charge in [0.15, 0.2) is 0 Å². The molecular weight excluding hydrogens is 248 g/mol. The van der Waals surface area contributed by atoms with Crippen LogP contribution in [0.2, 0.25) is 0 Å². The van der Waals surface area contributed by atoms with Gasteiger partial charge in [-0.25, -0.2) is 9.59 Å². The number of carbonyl (C=O) groups is 2. The first-order chi connectivity index (χ1) is 8.62. The Kier molecular flexibility index (Phi) is 3.26. The topological polar surface area (TPSA) is 84.0 Å². The quantitative estimate of drug-likeness (QED) is 0.670. The van der Waals surface area contributed by atoms with E-state index in [-0.39, 0.29) is 0 Å². The third-order valence-corrected chi connectivity index (χ3v) is 2.77. The molecule has 2 saturated heterocycles. The Bertz CT molecular complexity index is 303. The lowest BCUT2D eigenvalue weighted by Gasteiger charge is -2.24. The summed E-state index contributed by atoms with van der Waals surface area (Å²) in [6.45, 7) is 0. The van der Waals surface area contributed by atoms with Crippen molar-refractivity contribution in [3.63, 3.8) is 0 Å². The maximum atomic E-state index is 11.9. The van der Waals surface area contributed by atoms with Gasteiger partial charge in [0, 0.05) is 0 Å². The molecule has 4 amide bonds. The Labute approximate surface area is 103 Å². The molecule has 0 aromatic heterocycles. The summed E-state index contributed by atoms with van der Waals surface area (Å²) >= 11 is 0. The van der Waals surface area contributed by atoms with E-state index in [1.165, 1.54) is 28.4 Å². The van der Waals surface area contributed by atoms with Gasteiger partial charge in [0.2, 0.25) is 12.3 Å². The summed E-state index contributed by atoms with van der Waals surface area (Å²) in [6.07, 6.45) is -1.64. The smallest absolute Gasteiger partial charge is 0.270 e. The van der Waals surface area contributed by atoms with Crippen molar-refractivity contribution in [3.05, 3.63) is 0 Å². The van der Waals surface area contributed by atoms with Gasteiger partial charge in [-0.15, -0.1) is 0 Å². The van der Waals surface area contributed by atoms with Gasteiger partial charge in [-0.05, 0) is 0 Å². The third kappa shape index (κ3) is 1.43. The van der Waals surface area contributed by atoms with E-state index < -0.39 is 24.4 Å². The Morgan fingerprint density at radius 3 is 1.06 bits per heavy atom.